The Bertz CT molecular complexity index is 496. The first-order valence-corrected chi connectivity index (χ1v) is 9.49. The topological polar surface area (TPSA) is 59.1 Å². The zero-order valence-corrected chi connectivity index (χ0v) is 13.2. The highest BCUT2D eigenvalue weighted by atomic mass is 32.2. The third kappa shape index (κ3) is 4.54. The molecule has 1 aliphatic rings. The van der Waals surface area contributed by atoms with E-state index in [1.165, 1.54) is 0 Å². The van der Waals surface area contributed by atoms with Gasteiger partial charge in [0.1, 0.15) is 9.84 Å². The SMILES string of the molecule is CNC(C)Cc1csc(CC2CCS(=O)(=O)CC2)n1. The van der Waals surface area contributed by atoms with Gasteiger partial charge in [-0.25, -0.2) is 13.4 Å². The summed E-state index contributed by atoms with van der Waals surface area (Å²) in [5, 5.41) is 6.49. The Labute approximate surface area is 119 Å². The van der Waals surface area contributed by atoms with Crippen molar-refractivity contribution in [1.29, 1.82) is 0 Å². The minimum Gasteiger partial charge on any atom is -0.317 e. The zero-order valence-electron chi connectivity index (χ0n) is 11.6. The predicted octanol–water partition coefficient (Wildman–Crippen LogP) is 1.66. The number of rotatable bonds is 5. The molecule has 0 saturated carbocycles. The summed E-state index contributed by atoms with van der Waals surface area (Å²) in [6.07, 6.45) is 3.48. The molecule has 0 aromatic carbocycles. The fraction of sp³-hybridized carbons (Fsp3) is 0.769. The second kappa shape index (κ2) is 6.33. The highest BCUT2D eigenvalue weighted by Crippen LogP contribution is 2.24. The van der Waals surface area contributed by atoms with Crippen LogP contribution in [0.3, 0.4) is 0 Å². The van der Waals surface area contributed by atoms with Gasteiger partial charge < -0.3 is 5.32 Å². The normalized spacial score (nSPS) is 21.4. The van der Waals surface area contributed by atoms with Crippen LogP contribution in [0.5, 0.6) is 0 Å². The molecule has 6 heteroatoms. The van der Waals surface area contributed by atoms with Crippen molar-refractivity contribution in [2.45, 2.75) is 38.6 Å². The lowest BCUT2D eigenvalue weighted by Crippen LogP contribution is -2.24. The lowest BCUT2D eigenvalue weighted by atomic mass is 9.99. The van der Waals surface area contributed by atoms with Crippen LogP contribution in [0.1, 0.15) is 30.5 Å². The Morgan fingerprint density at radius 2 is 2.16 bits per heavy atom. The zero-order chi connectivity index (χ0) is 13.9. The van der Waals surface area contributed by atoms with Crippen LogP contribution in [0.2, 0.25) is 0 Å². The number of likely N-dealkylation sites (N-methyl/N-ethyl adjacent to an activating group) is 1. The number of nitrogens with one attached hydrogen (secondary N) is 1. The summed E-state index contributed by atoms with van der Waals surface area (Å²) in [6.45, 7) is 2.14. The average Bonchev–Trinajstić information content (AvgIpc) is 2.79. The number of hydrogen-bond acceptors (Lipinski definition) is 5. The van der Waals surface area contributed by atoms with Crippen LogP contribution in [0.25, 0.3) is 0 Å². The van der Waals surface area contributed by atoms with E-state index >= 15 is 0 Å². The van der Waals surface area contributed by atoms with Crippen molar-refractivity contribution in [2.75, 3.05) is 18.6 Å². The van der Waals surface area contributed by atoms with Crippen LogP contribution >= 0.6 is 11.3 Å². The summed E-state index contributed by atoms with van der Waals surface area (Å²) in [5.41, 5.74) is 1.14. The molecule has 4 nitrogen and oxygen atoms in total. The molecule has 0 radical (unpaired) electrons. The Morgan fingerprint density at radius 3 is 2.79 bits per heavy atom. The van der Waals surface area contributed by atoms with E-state index in [0.717, 1.165) is 36.4 Å². The Balaban J connectivity index is 1.87. The molecule has 0 bridgehead atoms. The van der Waals surface area contributed by atoms with Gasteiger partial charge in [0, 0.05) is 24.3 Å². The summed E-state index contributed by atoms with van der Waals surface area (Å²) >= 11 is 1.71. The Hall–Kier alpha value is -0.460. The van der Waals surface area contributed by atoms with E-state index in [1.807, 2.05) is 7.05 Å². The summed E-state index contributed by atoms with van der Waals surface area (Å²) in [6, 6.07) is 0.440. The van der Waals surface area contributed by atoms with E-state index in [1.54, 1.807) is 11.3 Å². The van der Waals surface area contributed by atoms with E-state index < -0.39 is 9.84 Å². The summed E-state index contributed by atoms with van der Waals surface area (Å²) in [4.78, 5) is 4.66. The van der Waals surface area contributed by atoms with Crippen LogP contribution in [-0.4, -0.2) is 38.0 Å². The molecule has 1 fully saturated rings. The van der Waals surface area contributed by atoms with Gasteiger partial charge in [0.05, 0.1) is 22.2 Å². The number of nitrogens with zero attached hydrogens (tertiary/aromatic N) is 1. The number of thiazole rings is 1. The second-order valence-corrected chi connectivity index (χ2v) is 8.67. The standard InChI is InChI=1S/C13H22N2O2S2/c1-10(14-2)7-12-9-18-13(15-12)8-11-3-5-19(16,17)6-4-11/h9-11,14H,3-8H2,1-2H3. The summed E-state index contributed by atoms with van der Waals surface area (Å²) < 4.78 is 22.8. The lowest BCUT2D eigenvalue weighted by Gasteiger charge is -2.20. The minimum atomic E-state index is -2.75. The first kappa shape index (κ1) is 14.9. The molecule has 0 amide bonds. The van der Waals surface area contributed by atoms with E-state index in [0.29, 0.717) is 23.5 Å². The quantitative estimate of drug-likeness (QED) is 0.899. The number of sulfone groups is 1. The molecular weight excluding hydrogens is 280 g/mol. The Morgan fingerprint density at radius 1 is 1.47 bits per heavy atom. The van der Waals surface area contributed by atoms with Crippen LogP contribution < -0.4 is 5.32 Å². The first-order chi connectivity index (χ1) is 8.98. The minimum absolute atomic E-state index is 0.354. The molecule has 1 unspecified atom stereocenters. The summed E-state index contributed by atoms with van der Waals surface area (Å²) in [7, 11) is -0.789. The van der Waals surface area contributed by atoms with Crippen molar-refractivity contribution < 1.29 is 8.42 Å². The van der Waals surface area contributed by atoms with Crippen molar-refractivity contribution >= 4 is 21.2 Å². The van der Waals surface area contributed by atoms with Crippen LogP contribution in [0.15, 0.2) is 5.38 Å². The van der Waals surface area contributed by atoms with E-state index in [-0.39, 0.29) is 0 Å². The Kier molecular flexibility index (Phi) is 4.97. The monoisotopic (exact) mass is 302 g/mol. The van der Waals surface area contributed by atoms with Crippen molar-refractivity contribution in [1.82, 2.24) is 10.3 Å². The molecule has 1 aliphatic heterocycles. The summed E-state index contributed by atoms with van der Waals surface area (Å²) in [5.74, 6) is 1.20. The maximum atomic E-state index is 11.4. The van der Waals surface area contributed by atoms with Crippen molar-refractivity contribution in [3.8, 4) is 0 Å². The second-order valence-electron chi connectivity index (χ2n) is 5.43. The van der Waals surface area contributed by atoms with Gasteiger partial charge in [0.2, 0.25) is 0 Å². The van der Waals surface area contributed by atoms with Crippen molar-refractivity contribution in [2.24, 2.45) is 5.92 Å². The number of hydrogen-bond donors (Lipinski definition) is 1. The fourth-order valence-corrected chi connectivity index (χ4v) is 4.85. The largest absolute Gasteiger partial charge is 0.317 e. The molecule has 1 saturated heterocycles. The first-order valence-electron chi connectivity index (χ1n) is 6.79. The van der Waals surface area contributed by atoms with E-state index in [9.17, 15) is 8.42 Å². The molecule has 0 spiro atoms. The van der Waals surface area contributed by atoms with Gasteiger partial charge in [0.25, 0.3) is 0 Å². The highest BCUT2D eigenvalue weighted by Gasteiger charge is 2.24. The molecule has 108 valence electrons. The molecule has 1 atom stereocenters. The third-order valence-corrected chi connectivity index (χ3v) is 6.38. The smallest absolute Gasteiger partial charge is 0.150 e. The molecule has 1 aromatic rings. The highest BCUT2D eigenvalue weighted by molar-refractivity contribution is 7.91. The van der Waals surface area contributed by atoms with Crippen LogP contribution in [-0.2, 0) is 22.7 Å². The molecule has 2 heterocycles. The molecule has 0 aliphatic carbocycles. The van der Waals surface area contributed by atoms with Gasteiger partial charge in [-0.15, -0.1) is 11.3 Å². The molecular formula is C13H22N2O2S2. The van der Waals surface area contributed by atoms with E-state index in [2.05, 4.69) is 22.6 Å². The molecule has 1 N–H and O–H groups in total. The van der Waals surface area contributed by atoms with Gasteiger partial charge >= 0.3 is 0 Å². The maximum absolute atomic E-state index is 11.4. The lowest BCUT2D eigenvalue weighted by molar-refractivity contribution is 0.461. The fourth-order valence-electron chi connectivity index (χ4n) is 2.34. The van der Waals surface area contributed by atoms with Gasteiger partial charge in [0.15, 0.2) is 0 Å². The van der Waals surface area contributed by atoms with E-state index in [4.69, 9.17) is 0 Å². The number of aromatic nitrogens is 1. The van der Waals surface area contributed by atoms with Gasteiger partial charge in [-0.2, -0.15) is 0 Å². The van der Waals surface area contributed by atoms with Crippen LogP contribution in [0.4, 0.5) is 0 Å². The van der Waals surface area contributed by atoms with Crippen molar-refractivity contribution in [3.05, 3.63) is 16.1 Å². The third-order valence-electron chi connectivity index (χ3n) is 3.74. The van der Waals surface area contributed by atoms with Gasteiger partial charge in [-0.3, -0.25) is 0 Å². The van der Waals surface area contributed by atoms with Crippen molar-refractivity contribution in [3.63, 3.8) is 0 Å². The molecule has 2 rings (SSSR count). The van der Waals surface area contributed by atoms with Gasteiger partial charge in [-0.05, 0) is 32.7 Å². The molecule has 1 aromatic heterocycles. The van der Waals surface area contributed by atoms with Crippen LogP contribution in [0, 0.1) is 5.92 Å². The predicted molar refractivity (Wildman–Crippen MR) is 79.4 cm³/mol. The average molecular weight is 302 g/mol. The maximum Gasteiger partial charge on any atom is 0.150 e. The van der Waals surface area contributed by atoms with Gasteiger partial charge in [-0.1, -0.05) is 0 Å². The molecule has 19 heavy (non-hydrogen) atoms.